The molecule has 11 N–H and O–H groups in total. The van der Waals surface area contributed by atoms with Crippen LogP contribution in [0, 0.1) is 0 Å². The number of benzene rings is 2. The largest absolute Gasteiger partial charge is 0.486 e. The number of hydrogen-bond donors (Lipinski definition) is 8. The Morgan fingerprint density at radius 3 is 2.20 bits per heavy atom. The average Bonchev–Trinajstić information content (AvgIpc) is 3.74. The zero-order chi connectivity index (χ0) is 33.7. The number of nitrogens with one attached hydrogen (secondary N) is 3. The van der Waals surface area contributed by atoms with Gasteiger partial charge >= 0.3 is 18.2 Å². The van der Waals surface area contributed by atoms with Gasteiger partial charge in [-0.3, -0.25) is 14.6 Å². The molecule has 15 nitrogen and oxygen atoms in total. The number of halogens is 4. The summed E-state index contributed by atoms with van der Waals surface area (Å²) in [7, 11) is 0. The molecule has 4 rings (SSSR count). The van der Waals surface area contributed by atoms with E-state index in [2.05, 4.69) is 40.6 Å². The maximum absolute atomic E-state index is 13.1. The van der Waals surface area contributed by atoms with Crippen molar-refractivity contribution in [3.63, 3.8) is 0 Å². The number of amides is 2. The summed E-state index contributed by atoms with van der Waals surface area (Å²) >= 11 is 5.98. The number of nitrogens with zero attached hydrogens (tertiary/aromatic N) is 4. The number of alkyl halides is 3. The number of carbonyl (C=O) groups is 2. The van der Waals surface area contributed by atoms with Crippen molar-refractivity contribution in [3.05, 3.63) is 64.7 Å². The van der Waals surface area contributed by atoms with Crippen LogP contribution in [0.4, 0.5) is 30.8 Å². The van der Waals surface area contributed by atoms with E-state index in [0.717, 1.165) is 5.56 Å². The average molecular weight is 667 g/mol. The van der Waals surface area contributed by atoms with Gasteiger partial charge in [-0.2, -0.15) is 28.1 Å². The maximum Gasteiger partial charge on any atom is 0.486 e. The normalized spacial score (nSPS) is 14.5. The summed E-state index contributed by atoms with van der Waals surface area (Å²) in [6, 6.07) is 10.5. The quantitative estimate of drug-likeness (QED) is 0.0529. The SMILES string of the molecule is NC(=O)[C@H](CCCN=C(N)N)NC(=O)c1ccc(Nc2nc(NC3(c4ccc(Cl)cc4)CC3)nc(OC(O)(O)C(F)(F)F)n2)cc1. The molecule has 0 saturated heterocycles. The number of nitrogens with two attached hydrogens (primary N) is 3. The number of aromatic nitrogens is 3. The Morgan fingerprint density at radius 2 is 1.63 bits per heavy atom. The van der Waals surface area contributed by atoms with Gasteiger partial charge in [-0.15, -0.1) is 0 Å². The van der Waals surface area contributed by atoms with Gasteiger partial charge in [0.05, 0.1) is 5.54 Å². The Bertz CT molecular complexity index is 1580. The van der Waals surface area contributed by atoms with Gasteiger partial charge in [-0.1, -0.05) is 23.7 Å². The van der Waals surface area contributed by atoms with Crippen LogP contribution in [-0.4, -0.2) is 67.7 Å². The molecule has 2 aromatic carbocycles. The highest BCUT2D eigenvalue weighted by molar-refractivity contribution is 6.30. The number of hydrogen-bond acceptors (Lipinski definition) is 11. The van der Waals surface area contributed by atoms with E-state index in [1.54, 1.807) is 24.3 Å². The molecule has 0 aliphatic heterocycles. The van der Waals surface area contributed by atoms with Crippen molar-refractivity contribution in [1.29, 1.82) is 0 Å². The van der Waals surface area contributed by atoms with Crippen LogP contribution in [0.3, 0.4) is 0 Å². The molecule has 1 aromatic heterocycles. The van der Waals surface area contributed by atoms with Crippen LogP contribution in [0.25, 0.3) is 0 Å². The first kappa shape index (κ1) is 33.9. The summed E-state index contributed by atoms with van der Waals surface area (Å²) in [5, 5.41) is 27.8. The lowest BCUT2D eigenvalue weighted by molar-refractivity contribution is -0.430. The van der Waals surface area contributed by atoms with E-state index in [9.17, 15) is 33.0 Å². The fourth-order valence-electron chi connectivity index (χ4n) is 4.16. The number of rotatable bonds is 14. The molecule has 2 amide bonds. The van der Waals surface area contributed by atoms with E-state index in [1.807, 2.05) is 0 Å². The summed E-state index contributed by atoms with van der Waals surface area (Å²) in [5.41, 5.74) is 16.5. The van der Waals surface area contributed by atoms with Crippen molar-refractivity contribution in [1.82, 2.24) is 20.3 Å². The van der Waals surface area contributed by atoms with Crippen molar-refractivity contribution in [3.8, 4) is 6.01 Å². The van der Waals surface area contributed by atoms with Crippen LogP contribution in [0.1, 0.15) is 41.6 Å². The Labute approximate surface area is 264 Å². The molecule has 1 saturated carbocycles. The number of carbonyl (C=O) groups excluding carboxylic acids is 2. The van der Waals surface area contributed by atoms with Crippen molar-refractivity contribution in [2.24, 2.45) is 22.2 Å². The van der Waals surface area contributed by atoms with E-state index in [1.165, 1.54) is 24.3 Å². The number of ether oxygens (including phenoxy) is 1. The fourth-order valence-corrected chi connectivity index (χ4v) is 4.28. The Morgan fingerprint density at radius 1 is 1.00 bits per heavy atom. The van der Waals surface area contributed by atoms with Crippen molar-refractivity contribution in [2.75, 3.05) is 17.2 Å². The Hall–Kier alpha value is -4.94. The molecular formula is C27H30ClF3N10O5. The Balaban J connectivity index is 1.52. The molecular weight excluding hydrogens is 637 g/mol. The summed E-state index contributed by atoms with van der Waals surface area (Å²) in [4.78, 5) is 40.1. The molecule has 19 heteroatoms. The minimum absolute atomic E-state index is 0.109. The molecule has 0 radical (unpaired) electrons. The minimum atomic E-state index is -5.60. The lowest BCUT2D eigenvalue weighted by atomic mass is 10.1. The first-order valence-corrected chi connectivity index (χ1v) is 14.0. The van der Waals surface area contributed by atoms with E-state index in [-0.39, 0.29) is 42.1 Å². The van der Waals surface area contributed by atoms with Crippen molar-refractivity contribution in [2.45, 2.75) is 49.4 Å². The molecule has 0 bridgehead atoms. The lowest BCUT2D eigenvalue weighted by Crippen LogP contribution is -2.50. The maximum atomic E-state index is 13.1. The molecule has 1 aliphatic rings. The van der Waals surface area contributed by atoms with Crippen LogP contribution in [0.5, 0.6) is 6.01 Å². The van der Waals surface area contributed by atoms with Gasteiger partial charge in [-0.05, 0) is 67.6 Å². The number of primary amides is 1. The predicted molar refractivity (Wildman–Crippen MR) is 160 cm³/mol. The number of anilines is 3. The summed E-state index contributed by atoms with van der Waals surface area (Å²) in [6.07, 6.45) is -3.78. The number of aliphatic hydroxyl groups is 2. The van der Waals surface area contributed by atoms with E-state index < -0.39 is 41.6 Å². The third kappa shape index (κ3) is 8.83. The summed E-state index contributed by atoms with van der Waals surface area (Å²) in [5.74, 6) is -6.62. The van der Waals surface area contributed by atoms with E-state index in [4.69, 9.17) is 28.8 Å². The van der Waals surface area contributed by atoms with E-state index >= 15 is 0 Å². The van der Waals surface area contributed by atoms with Crippen molar-refractivity contribution < 1.29 is 37.7 Å². The highest BCUT2D eigenvalue weighted by atomic mass is 35.5. The van der Waals surface area contributed by atoms with Gasteiger partial charge in [0.2, 0.25) is 17.8 Å². The van der Waals surface area contributed by atoms with Crippen LogP contribution in [-0.2, 0) is 10.3 Å². The zero-order valence-electron chi connectivity index (χ0n) is 23.9. The van der Waals surface area contributed by atoms with Crippen LogP contribution >= 0.6 is 11.6 Å². The van der Waals surface area contributed by atoms with Crippen molar-refractivity contribution >= 4 is 47.0 Å². The highest BCUT2D eigenvalue weighted by Gasteiger charge is 2.57. The number of aliphatic imine (C=N–C) groups is 1. The molecule has 0 unspecified atom stereocenters. The Kier molecular flexibility index (Phi) is 10.0. The lowest BCUT2D eigenvalue weighted by Gasteiger charge is -2.24. The second-order valence-electron chi connectivity index (χ2n) is 10.3. The molecule has 1 heterocycles. The standard InChI is InChI=1S/C27H30ClF3N10O5/c28-16-7-5-15(6-8-16)25(11-12-25)41-23-38-22(39-24(40-23)46-27(44,45)26(29,30)31)36-17-9-3-14(4-10-17)20(43)37-18(19(32)42)2-1-13-35-21(33)34/h3-10,18,44-45H,1-2,11-13H2,(H2,32,42)(H,37,43)(H4,33,34,35)(H2,36,38,39,40,41)/t18-/m0/s1. The monoisotopic (exact) mass is 666 g/mol. The zero-order valence-corrected chi connectivity index (χ0v) is 24.6. The number of guanidine groups is 1. The summed E-state index contributed by atoms with van der Waals surface area (Å²) < 4.78 is 43.7. The minimum Gasteiger partial charge on any atom is -0.398 e. The molecule has 0 spiro atoms. The first-order valence-electron chi connectivity index (χ1n) is 13.6. The highest BCUT2D eigenvalue weighted by Crippen LogP contribution is 2.48. The van der Waals surface area contributed by atoms with Gasteiger partial charge < -0.3 is 48.1 Å². The molecule has 246 valence electrons. The van der Waals surface area contributed by atoms with Gasteiger partial charge in [0, 0.05) is 22.8 Å². The second-order valence-corrected chi connectivity index (χ2v) is 10.7. The van der Waals surface area contributed by atoms with Gasteiger partial charge in [-0.25, -0.2) is 0 Å². The second kappa shape index (κ2) is 13.6. The third-order valence-electron chi connectivity index (χ3n) is 6.71. The first-order chi connectivity index (χ1) is 21.6. The topological polar surface area (TPSA) is 249 Å². The van der Waals surface area contributed by atoms with Crippen LogP contribution in [0.2, 0.25) is 5.02 Å². The molecule has 3 aromatic rings. The molecule has 1 fully saturated rings. The summed E-state index contributed by atoms with van der Waals surface area (Å²) in [6.45, 7) is 0.235. The predicted octanol–water partition coefficient (Wildman–Crippen LogP) is 1.59. The van der Waals surface area contributed by atoms with Gasteiger partial charge in [0.15, 0.2) is 5.96 Å². The van der Waals surface area contributed by atoms with Gasteiger partial charge in [0.1, 0.15) is 6.04 Å². The molecule has 1 aliphatic carbocycles. The fraction of sp³-hybridized carbons (Fsp3) is 0.333. The smallest absolute Gasteiger partial charge is 0.398 e. The third-order valence-corrected chi connectivity index (χ3v) is 6.96. The van der Waals surface area contributed by atoms with E-state index in [0.29, 0.717) is 24.3 Å². The molecule has 46 heavy (non-hydrogen) atoms. The van der Waals surface area contributed by atoms with Crippen LogP contribution in [0.15, 0.2) is 53.5 Å². The molecule has 1 atom stereocenters. The van der Waals surface area contributed by atoms with Crippen LogP contribution < -0.4 is 37.9 Å². The van der Waals surface area contributed by atoms with Gasteiger partial charge in [0.25, 0.3) is 5.91 Å².